The van der Waals surface area contributed by atoms with Gasteiger partial charge in [0.1, 0.15) is 0 Å². The number of hydrogen-bond donors (Lipinski definition) is 1. The molecule has 1 aromatic heterocycles. The summed E-state index contributed by atoms with van der Waals surface area (Å²) in [7, 11) is 0. The van der Waals surface area contributed by atoms with Gasteiger partial charge in [0.05, 0.1) is 6.20 Å². The predicted octanol–water partition coefficient (Wildman–Crippen LogP) is 2.27. The molecule has 1 spiro atoms. The standard InChI is InChI=1S/C20H34N4O/c1-3-24-16(2)17(11-21-24)12-22-9-7-20(8-10-22)15-23(13-18(20)14-25)19-5-4-6-19/h11,18-19,25H,3-10,12-15H2,1-2H3. The maximum atomic E-state index is 9.99. The number of aliphatic hydroxyl groups is 1. The molecule has 5 heteroatoms. The molecule has 1 atom stereocenters. The van der Waals surface area contributed by atoms with Crippen molar-refractivity contribution in [2.45, 2.75) is 65.1 Å². The molecule has 140 valence electrons. The van der Waals surface area contributed by atoms with E-state index in [0.717, 1.165) is 38.8 Å². The van der Waals surface area contributed by atoms with E-state index in [-0.39, 0.29) is 0 Å². The lowest BCUT2D eigenvalue weighted by Crippen LogP contribution is -2.45. The molecule has 1 saturated carbocycles. The fourth-order valence-corrected chi connectivity index (χ4v) is 5.28. The van der Waals surface area contributed by atoms with Gasteiger partial charge in [-0.1, -0.05) is 6.42 Å². The van der Waals surface area contributed by atoms with E-state index in [9.17, 15) is 5.11 Å². The molecule has 1 unspecified atom stereocenters. The number of hydrogen-bond acceptors (Lipinski definition) is 4. The van der Waals surface area contributed by atoms with Gasteiger partial charge in [-0.25, -0.2) is 0 Å². The number of aryl methyl sites for hydroxylation is 1. The van der Waals surface area contributed by atoms with Crippen molar-refractivity contribution in [2.24, 2.45) is 11.3 Å². The summed E-state index contributed by atoms with van der Waals surface area (Å²) in [6.45, 7) is 11.3. The maximum absolute atomic E-state index is 9.99. The lowest BCUT2D eigenvalue weighted by atomic mass is 9.71. The molecule has 1 N–H and O–H groups in total. The molecule has 25 heavy (non-hydrogen) atoms. The van der Waals surface area contributed by atoms with E-state index in [1.807, 2.05) is 6.20 Å². The Morgan fingerprint density at radius 3 is 2.60 bits per heavy atom. The summed E-state index contributed by atoms with van der Waals surface area (Å²) >= 11 is 0. The van der Waals surface area contributed by atoms with Crippen molar-refractivity contribution in [1.29, 1.82) is 0 Å². The van der Waals surface area contributed by atoms with E-state index in [1.54, 1.807) is 0 Å². The Kier molecular flexibility index (Phi) is 4.91. The monoisotopic (exact) mass is 346 g/mol. The smallest absolute Gasteiger partial charge is 0.0537 e. The molecule has 3 heterocycles. The second-order valence-corrected chi connectivity index (χ2v) is 8.60. The Hall–Kier alpha value is -0.910. The molecule has 0 amide bonds. The third-order valence-electron chi connectivity index (χ3n) is 7.40. The third-order valence-corrected chi connectivity index (χ3v) is 7.40. The third kappa shape index (κ3) is 3.15. The van der Waals surface area contributed by atoms with Gasteiger partial charge in [0.15, 0.2) is 0 Å². The van der Waals surface area contributed by atoms with E-state index in [0.29, 0.717) is 17.9 Å². The van der Waals surface area contributed by atoms with Crippen LogP contribution in [0.15, 0.2) is 6.20 Å². The van der Waals surface area contributed by atoms with Crippen molar-refractivity contribution in [3.05, 3.63) is 17.5 Å². The van der Waals surface area contributed by atoms with Gasteiger partial charge < -0.3 is 5.11 Å². The summed E-state index contributed by atoms with van der Waals surface area (Å²) in [5.41, 5.74) is 3.05. The summed E-state index contributed by atoms with van der Waals surface area (Å²) in [4.78, 5) is 5.30. The van der Waals surface area contributed by atoms with E-state index in [4.69, 9.17) is 0 Å². The number of piperidine rings is 1. The van der Waals surface area contributed by atoms with Crippen molar-refractivity contribution in [2.75, 3.05) is 32.8 Å². The molecule has 1 aromatic rings. The summed E-state index contributed by atoms with van der Waals surface area (Å²) in [5.74, 6) is 0.486. The van der Waals surface area contributed by atoms with Crippen LogP contribution in [0.4, 0.5) is 0 Å². The van der Waals surface area contributed by atoms with Crippen LogP contribution in [-0.2, 0) is 13.1 Å². The van der Waals surface area contributed by atoms with Crippen LogP contribution in [0, 0.1) is 18.3 Å². The Labute approximate surface area is 152 Å². The highest BCUT2D eigenvalue weighted by Crippen LogP contribution is 2.47. The minimum Gasteiger partial charge on any atom is -0.396 e. The molecule has 0 aromatic carbocycles. The number of rotatable bonds is 5. The molecular weight excluding hydrogens is 312 g/mol. The van der Waals surface area contributed by atoms with Crippen LogP contribution >= 0.6 is 0 Å². The van der Waals surface area contributed by atoms with Crippen LogP contribution < -0.4 is 0 Å². The maximum Gasteiger partial charge on any atom is 0.0537 e. The Morgan fingerprint density at radius 2 is 2.04 bits per heavy atom. The quantitative estimate of drug-likeness (QED) is 0.888. The highest BCUT2D eigenvalue weighted by molar-refractivity contribution is 5.16. The first kappa shape index (κ1) is 17.5. The van der Waals surface area contributed by atoms with E-state index < -0.39 is 0 Å². The zero-order valence-corrected chi connectivity index (χ0v) is 16.0. The summed E-state index contributed by atoms with van der Waals surface area (Å²) in [5, 5.41) is 14.5. The Bertz CT molecular complexity index is 587. The van der Waals surface area contributed by atoms with Crippen molar-refractivity contribution >= 4 is 0 Å². The lowest BCUT2D eigenvalue weighted by molar-refractivity contribution is 0.0453. The normalized spacial score (nSPS) is 27.9. The predicted molar refractivity (Wildman–Crippen MR) is 99.4 cm³/mol. The van der Waals surface area contributed by atoms with Crippen molar-refractivity contribution in [3.8, 4) is 0 Å². The van der Waals surface area contributed by atoms with Gasteiger partial charge in [-0.05, 0) is 58.0 Å². The van der Waals surface area contributed by atoms with Crippen molar-refractivity contribution < 1.29 is 5.11 Å². The first-order valence-corrected chi connectivity index (χ1v) is 10.2. The number of aliphatic hydroxyl groups excluding tert-OH is 1. The van der Waals surface area contributed by atoms with Gasteiger partial charge in [-0.15, -0.1) is 0 Å². The van der Waals surface area contributed by atoms with Gasteiger partial charge in [-0.3, -0.25) is 14.5 Å². The molecule has 2 aliphatic heterocycles. The highest BCUT2D eigenvalue weighted by atomic mass is 16.3. The first-order chi connectivity index (χ1) is 12.1. The van der Waals surface area contributed by atoms with Crippen molar-refractivity contribution in [3.63, 3.8) is 0 Å². The average molecular weight is 347 g/mol. The second-order valence-electron chi connectivity index (χ2n) is 8.60. The summed E-state index contributed by atoms with van der Waals surface area (Å²) < 4.78 is 2.09. The molecule has 2 saturated heterocycles. The zero-order valence-electron chi connectivity index (χ0n) is 16.0. The summed E-state index contributed by atoms with van der Waals surface area (Å²) in [6, 6.07) is 0.814. The summed E-state index contributed by atoms with van der Waals surface area (Å²) in [6.07, 6.45) is 8.68. The largest absolute Gasteiger partial charge is 0.396 e. The molecule has 5 nitrogen and oxygen atoms in total. The zero-order chi connectivity index (χ0) is 17.4. The molecule has 1 aliphatic carbocycles. The van der Waals surface area contributed by atoms with Crippen LogP contribution in [0.5, 0.6) is 0 Å². The van der Waals surface area contributed by atoms with Crippen LogP contribution in [0.2, 0.25) is 0 Å². The van der Waals surface area contributed by atoms with Crippen LogP contribution in [0.3, 0.4) is 0 Å². The van der Waals surface area contributed by atoms with E-state index >= 15 is 0 Å². The molecule has 3 aliphatic rings. The van der Waals surface area contributed by atoms with E-state index in [1.165, 1.54) is 49.9 Å². The van der Waals surface area contributed by atoms with Gasteiger partial charge in [-0.2, -0.15) is 5.10 Å². The Balaban J connectivity index is 1.37. The van der Waals surface area contributed by atoms with E-state index in [2.05, 4.69) is 33.4 Å². The van der Waals surface area contributed by atoms with Crippen molar-refractivity contribution in [1.82, 2.24) is 19.6 Å². The first-order valence-electron chi connectivity index (χ1n) is 10.2. The fraction of sp³-hybridized carbons (Fsp3) is 0.850. The van der Waals surface area contributed by atoms with Crippen LogP contribution in [0.25, 0.3) is 0 Å². The number of likely N-dealkylation sites (tertiary alicyclic amines) is 2. The highest BCUT2D eigenvalue weighted by Gasteiger charge is 2.49. The minimum absolute atomic E-state index is 0.365. The molecule has 4 rings (SSSR count). The minimum atomic E-state index is 0.365. The second kappa shape index (κ2) is 7.01. The van der Waals surface area contributed by atoms with Gasteiger partial charge in [0, 0.05) is 56.0 Å². The van der Waals surface area contributed by atoms with Gasteiger partial charge in [0.2, 0.25) is 0 Å². The van der Waals surface area contributed by atoms with Gasteiger partial charge >= 0.3 is 0 Å². The number of aromatic nitrogens is 2. The topological polar surface area (TPSA) is 44.5 Å². The molecule has 3 fully saturated rings. The SMILES string of the molecule is CCn1ncc(CN2CCC3(CC2)CN(C2CCC2)CC3CO)c1C. The molecule has 0 bridgehead atoms. The molecule has 0 radical (unpaired) electrons. The van der Waals surface area contributed by atoms with Crippen LogP contribution in [-0.4, -0.2) is 63.5 Å². The molecular formula is C20H34N4O. The fourth-order valence-electron chi connectivity index (χ4n) is 5.28. The number of nitrogens with zero attached hydrogens (tertiary/aromatic N) is 4. The lowest BCUT2D eigenvalue weighted by Gasteiger charge is -2.43. The van der Waals surface area contributed by atoms with Crippen LogP contribution in [0.1, 0.15) is 50.3 Å². The Morgan fingerprint density at radius 1 is 1.28 bits per heavy atom. The average Bonchev–Trinajstić information content (AvgIpc) is 3.09. The van der Waals surface area contributed by atoms with Gasteiger partial charge in [0.25, 0.3) is 0 Å².